The van der Waals surface area contributed by atoms with E-state index in [1.54, 1.807) is 6.08 Å². The van der Waals surface area contributed by atoms with E-state index in [0.29, 0.717) is 11.8 Å². The first-order valence-corrected chi connectivity index (χ1v) is 8.79. The lowest BCUT2D eigenvalue weighted by Crippen LogP contribution is -2.19. The van der Waals surface area contributed by atoms with Gasteiger partial charge in [-0.3, -0.25) is 0 Å². The highest BCUT2D eigenvalue weighted by Gasteiger charge is 2.35. The minimum atomic E-state index is -4.96. The van der Waals surface area contributed by atoms with Gasteiger partial charge in [0, 0.05) is 0 Å². The molecule has 6 heteroatoms. The molecular weight excluding hydrogens is 336 g/mol. The Morgan fingerprint density at radius 3 is 2.44 bits per heavy atom. The summed E-state index contributed by atoms with van der Waals surface area (Å²) in [6.07, 6.45) is 5.46. The summed E-state index contributed by atoms with van der Waals surface area (Å²) in [5.41, 5.74) is 0.171. The lowest BCUT2D eigenvalue weighted by atomic mass is 10.1. The van der Waals surface area contributed by atoms with Gasteiger partial charge in [0.25, 0.3) is 0 Å². The fourth-order valence-electron chi connectivity index (χ4n) is 3.12. The van der Waals surface area contributed by atoms with Crippen LogP contribution in [0, 0.1) is 17.7 Å². The Morgan fingerprint density at radius 1 is 1.08 bits per heavy atom. The van der Waals surface area contributed by atoms with Crippen LogP contribution < -0.4 is 9.47 Å². The van der Waals surface area contributed by atoms with Crippen molar-refractivity contribution in [2.45, 2.75) is 51.3 Å². The van der Waals surface area contributed by atoms with Crippen molar-refractivity contribution in [2.24, 2.45) is 11.8 Å². The minimum absolute atomic E-state index is 0.171. The van der Waals surface area contributed by atoms with Gasteiger partial charge in [0.15, 0.2) is 11.6 Å². The smallest absolute Gasteiger partial charge is 0.489 e. The van der Waals surface area contributed by atoms with Crippen LogP contribution in [0.3, 0.4) is 0 Å². The highest BCUT2D eigenvalue weighted by atomic mass is 19.4. The number of hydrogen-bond donors (Lipinski definition) is 0. The van der Waals surface area contributed by atoms with Crippen LogP contribution in [0.25, 0.3) is 0 Å². The summed E-state index contributed by atoms with van der Waals surface area (Å²) in [4.78, 5) is 0. The summed E-state index contributed by atoms with van der Waals surface area (Å²) in [6.45, 7) is 0.286. The van der Waals surface area contributed by atoms with Gasteiger partial charge in [-0.2, -0.15) is 0 Å². The van der Waals surface area contributed by atoms with Crippen molar-refractivity contribution in [1.29, 1.82) is 0 Å². The zero-order valence-electron chi connectivity index (χ0n) is 13.9. The van der Waals surface area contributed by atoms with Gasteiger partial charge in [-0.25, -0.2) is 4.39 Å². The topological polar surface area (TPSA) is 18.5 Å². The minimum Gasteiger partial charge on any atom is -0.489 e. The summed E-state index contributed by atoms with van der Waals surface area (Å²) >= 11 is 0. The lowest BCUT2D eigenvalue weighted by molar-refractivity contribution is -0.276. The second-order valence-corrected chi connectivity index (χ2v) is 6.84. The third kappa shape index (κ3) is 5.38. The van der Waals surface area contributed by atoms with Crippen molar-refractivity contribution in [3.8, 4) is 11.5 Å². The molecule has 1 aromatic rings. The number of halogens is 4. The average Bonchev–Trinajstić information content (AvgIpc) is 3.21. The SMILES string of the molecule is Fc1c(C/C=C/C2CC2)ccc(OCC2CCCC2)c1OC(F)(F)F. The predicted octanol–water partition coefficient (Wildman–Crippen LogP) is 5.80. The van der Waals surface area contributed by atoms with Crippen LogP contribution in [0.5, 0.6) is 11.5 Å². The van der Waals surface area contributed by atoms with Gasteiger partial charge in [-0.1, -0.05) is 31.1 Å². The summed E-state index contributed by atoms with van der Waals surface area (Å²) in [5.74, 6) is -1.20. The van der Waals surface area contributed by atoms with Crippen molar-refractivity contribution in [3.05, 3.63) is 35.7 Å². The van der Waals surface area contributed by atoms with Crippen molar-refractivity contribution < 1.29 is 27.0 Å². The second-order valence-electron chi connectivity index (χ2n) is 6.84. The molecule has 0 saturated heterocycles. The molecular formula is C19H22F4O2. The van der Waals surface area contributed by atoms with E-state index in [1.807, 2.05) is 6.08 Å². The first-order valence-electron chi connectivity index (χ1n) is 8.79. The van der Waals surface area contributed by atoms with Gasteiger partial charge in [0.05, 0.1) is 6.61 Å². The Bertz CT molecular complexity index is 615. The van der Waals surface area contributed by atoms with Crippen LogP contribution in [0.15, 0.2) is 24.3 Å². The number of benzene rings is 1. The van der Waals surface area contributed by atoms with E-state index in [-0.39, 0.29) is 24.3 Å². The monoisotopic (exact) mass is 358 g/mol. The maximum Gasteiger partial charge on any atom is 0.573 e. The van der Waals surface area contributed by atoms with Gasteiger partial charge >= 0.3 is 6.36 Å². The highest BCUT2D eigenvalue weighted by Crippen LogP contribution is 2.38. The van der Waals surface area contributed by atoms with E-state index in [0.717, 1.165) is 38.5 Å². The highest BCUT2D eigenvalue weighted by molar-refractivity contribution is 5.45. The number of hydrogen-bond acceptors (Lipinski definition) is 2. The predicted molar refractivity (Wildman–Crippen MR) is 86.1 cm³/mol. The number of alkyl halides is 3. The molecule has 3 rings (SSSR count). The molecule has 0 amide bonds. The molecule has 25 heavy (non-hydrogen) atoms. The Kier molecular flexibility index (Phi) is 5.54. The molecule has 0 bridgehead atoms. The lowest BCUT2D eigenvalue weighted by Gasteiger charge is -2.18. The Morgan fingerprint density at radius 2 is 1.80 bits per heavy atom. The van der Waals surface area contributed by atoms with Crippen LogP contribution >= 0.6 is 0 Å². The van der Waals surface area contributed by atoms with Crippen LogP contribution in [-0.2, 0) is 6.42 Å². The molecule has 0 radical (unpaired) electrons. The number of allylic oxidation sites excluding steroid dienone is 2. The van der Waals surface area contributed by atoms with Crippen molar-refractivity contribution in [2.75, 3.05) is 6.61 Å². The molecule has 0 aliphatic heterocycles. The van der Waals surface area contributed by atoms with Crippen LogP contribution in [0.2, 0.25) is 0 Å². The average molecular weight is 358 g/mol. The third-order valence-corrected chi connectivity index (χ3v) is 4.68. The first kappa shape index (κ1) is 18.1. The fourth-order valence-corrected chi connectivity index (χ4v) is 3.12. The third-order valence-electron chi connectivity index (χ3n) is 4.68. The molecule has 0 atom stereocenters. The van der Waals surface area contributed by atoms with E-state index in [4.69, 9.17) is 4.74 Å². The zero-order valence-corrected chi connectivity index (χ0v) is 13.9. The standard InChI is InChI=1S/C19H22F4O2/c20-17-15(7-3-6-13-8-9-13)10-11-16(18(17)25-19(21,22)23)24-12-14-4-1-2-5-14/h3,6,10-11,13-14H,1-2,4-5,7-9,12H2/b6-3+. The van der Waals surface area contributed by atoms with Gasteiger partial charge in [-0.05, 0) is 55.6 Å². The molecule has 0 unspecified atom stereocenters. The van der Waals surface area contributed by atoms with Crippen LogP contribution in [0.4, 0.5) is 17.6 Å². The normalized spacial score (nSPS) is 18.9. The van der Waals surface area contributed by atoms with Gasteiger partial charge in [0.1, 0.15) is 0 Å². The van der Waals surface area contributed by atoms with Crippen molar-refractivity contribution >= 4 is 0 Å². The molecule has 2 saturated carbocycles. The van der Waals surface area contributed by atoms with Crippen molar-refractivity contribution in [3.63, 3.8) is 0 Å². The molecule has 2 fully saturated rings. The number of rotatable bonds is 7. The van der Waals surface area contributed by atoms with E-state index < -0.39 is 17.9 Å². The van der Waals surface area contributed by atoms with Crippen LogP contribution in [0.1, 0.15) is 44.1 Å². The molecule has 138 valence electrons. The van der Waals surface area contributed by atoms with Gasteiger partial charge in [-0.15, -0.1) is 13.2 Å². The number of ether oxygens (including phenoxy) is 2. The molecule has 0 aromatic heterocycles. The van der Waals surface area contributed by atoms with E-state index in [9.17, 15) is 17.6 Å². The molecule has 0 N–H and O–H groups in total. The van der Waals surface area contributed by atoms with Gasteiger partial charge < -0.3 is 9.47 Å². The summed E-state index contributed by atoms with van der Waals surface area (Å²) in [6, 6.07) is 2.85. The molecule has 2 aliphatic rings. The Labute approximate surface area is 144 Å². The molecule has 2 aliphatic carbocycles. The van der Waals surface area contributed by atoms with E-state index in [1.165, 1.54) is 12.1 Å². The molecule has 1 aromatic carbocycles. The van der Waals surface area contributed by atoms with E-state index in [2.05, 4.69) is 4.74 Å². The maximum atomic E-state index is 14.6. The Hall–Kier alpha value is -1.72. The van der Waals surface area contributed by atoms with E-state index >= 15 is 0 Å². The fraction of sp³-hybridized carbons (Fsp3) is 0.579. The quantitative estimate of drug-likeness (QED) is 0.453. The molecule has 2 nitrogen and oxygen atoms in total. The molecule has 0 spiro atoms. The summed E-state index contributed by atoms with van der Waals surface area (Å²) in [5, 5.41) is 0. The summed E-state index contributed by atoms with van der Waals surface area (Å²) in [7, 11) is 0. The zero-order chi connectivity index (χ0) is 17.9. The summed E-state index contributed by atoms with van der Waals surface area (Å²) < 4.78 is 62.0. The van der Waals surface area contributed by atoms with Gasteiger partial charge in [0.2, 0.25) is 5.75 Å². The Balaban J connectivity index is 1.75. The largest absolute Gasteiger partial charge is 0.573 e. The maximum absolute atomic E-state index is 14.6. The van der Waals surface area contributed by atoms with Crippen molar-refractivity contribution in [1.82, 2.24) is 0 Å². The van der Waals surface area contributed by atoms with Crippen LogP contribution in [-0.4, -0.2) is 13.0 Å². The molecule has 0 heterocycles. The first-order chi connectivity index (χ1) is 11.9. The second kappa shape index (κ2) is 7.67.